The second-order valence-electron chi connectivity index (χ2n) is 5.96. The number of fused-ring (bicyclic) bond motifs is 2. The second-order valence-corrected chi connectivity index (χ2v) is 5.96. The van der Waals surface area contributed by atoms with Crippen LogP contribution in [0.1, 0.15) is 24.0 Å². The van der Waals surface area contributed by atoms with Crippen LogP contribution in [0.5, 0.6) is 11.5 Å². The predicted octanol–water partition coefficient (Wildman–Crippen LogP) is 3.91. The molecule has 23 heavy (non-hydrogen) atoms. The summed E-state index contributed by atoms with van der Waals surface area (Å²) in [5.74, 6) is 2.74. The van der Waals surface area contributed by atoms with Crippen molar-refractivity contribution in [2.75, 3.05) is 13.7 Å². The van der Waals surface area contributed by atoms with Crippen molar-refractivity contribution in [2.24, 2.45) is 4.99 Å². The van der Waals surface area contributed by atoms with Crippen molar-refractivity contribution in [1.29, 1.82) is 0 Å². The first-order chi connectivity index (χ1) is 11.3. The Balaban J connectivity index is 1.61. The lowest BCUT2D eigenvalue weighted by atomic mass is 10.1. The van der Waals surface area contributed by atoms with Gasteiger partial charge in [-0.2, -0.15) is 0 Å². The van der Waals surface area contributed by atoms with Gasteiger partial charge in [0.2, 0.25) is 0 Å². The van der Waals surface area contributed by atoms with Gasteiger partial charge >= 0.3 is 0 Å². The number of rotatable bonds is 4. The van der Waals surface area contributed by atoms with Gasteiger partial charge in [0, 0.05) is 31.1 Å². The van der Waals surface area contributed by atoms with Crippen LogP contribution in [-0.4, -0.2) is 24.4 Å². The number of amidine groups is 1. The summed E-state index contributed by atoms with van der Waals surface area (Å²) in [6.45, 7) is 2.55. The van der Waals surface area contributed by atoms with Gasteiger partial charge in [0.15, 0.2) is 11.5 Å². The summed E-state index contributed by atoms with van der Waals surface area (Å²) in [6.07, 6.45) is 2.27. The quantitative estimate of drug-likeness (QED) is 0.858. The molecule has 0 N–H and O–H groups in total. The van der Waals surface area contributed by atoms with Crippen molar-refractivity contribution in [3.63, 3.8) is 0 Å². The zero-order valence-corrected chi connectivity index (χ0v) is 13.3. The number of aliphatic imine (C=N–C) groups is 1. The molecule has 0 spiro atoms. The Morgan fingerprint density at radius 2 is 2.00 bits per heavy atom. The SMILES string of the molecule is COc1cc2c(cc1OCc1ccccc1)CN1CCCC1=N2. The highest BCUT2D eigenvalue weighted by molar-refractivity contribution is 5.88. The van der Waals surface area contributed by atoms with E-state index >= 15 is 0 Å². The molecule has 2 aliphatic rings. The molecular formula is C19H20N2O2. The molecule has 0 radical (unpaired) electrons. The molecule has 2 aromatic carbocycles. The topological polar surface area (TPSA) is 34.1 Å². The van der Waals surface area contributed by atoms with Gasteiger partial charge in [-0.05, 0) is 18.1 Å². The molecule has 0 aromatic heterocycles. The summed E-state index contributed by atoms with van der Waals surface area (Å²) in [5.41, 5.74) is 3.37. The second kappa shape index (κ2) is 5.95. The van der Waals surface area contributed by atoms with Gasteiger partial charge in [-0.25, -0.2) is 4.99 Å². The van der Waals surface area contributed by atoms with Gasteiger partial charge in [0.25, 0.3) is 0 Å². The summed E-state index contributed by atoms with van der Waals surface area (Å²) in [7, 11) is 1.68. The summed E-state index contributed by atoms with van der Waals surface area (Å²) in [6, 6.07) is 14.2. The molecule has 0 atom stereocenters. The Labute approximate surface area is 136 Å². The van der Waals surface area contributed by atoms with E-state index in [4.69, 9.17) is 14.5 Å². The van der Waals surface area contributed by atoms with Crippen LogP contribution >= 0.6 is 0 Å². The van der Waals surface area contributed by atoms with E-state index in [0.717, 1.165) is 42.3 Å². The van der Waals surface area contributed by atoms with Gasteiger partial charge in [-0.3, -0.25) is 0 Å². The summed E-state index contributed by atoms with van der Waals surface area (Å²) in [5, 5.41) is 0. The van der Waals surface area contributed by atoms with E-state index in [0.29, 0.717) is 6.61 Å². The van der Waals surface area contributed by atoms with Crippen LogP contribution in [0, 0.1) is 0 Å². The average molecular weight is 308 g/mol. The van der Waals surface area contributed by atoms with Crippen molar-refractivity contribution in [2.45, 2.75) is 26.0 Å². The van der Waals surface area contributed by atoms with Crippen molar-refractivity contribution < 1.29 is 9.47 Å². The maximum Gasteiger partial charge on any atom is 0.162 e. The molecule has 1 fully saturated rings. The van der Waals surface area contributed by atoms with Crippen LogP contribution in [0.25, 0.3) is 0 Å². The fourth-order valence-corrected chi connectivity index (χ4v) is 3.19. The number of methoxy groups -OCH3 is 1. The smallest absolute Gasteiger partial charge is 0.162 e. The Bertz CT molecular complexity index is 741. The van der Waals surface area contributed by atoms with E-state index in [1.807, 2.05) is 24.3 Å². The van der Waals surface area contributed by atoms with Crippen LogP contribution in [0.2, 0.25) is 0 Å². The lowest BCUT2D eigenvalue weighted by Gasteiger charge is -2.25. The van der Waals surface area contributed by atoms with Crippen LogP contribution in [0.3, 0.4) is 0 Å². The first kappa shape index (κ1) is 14.1. The number of hydrogen-bond acceptors (Lipinski definition) is 4. The van der Waals surface area contributed by atoms with Gasteiger partial charge in [0.05, 0.1) is 12.8 Å². The minimum atomic E-state index is 0.536. The zero-order valence-electron chi connectivity index (χ0n) is 13.3. The van der Waals surface area contributed by atoms with Crippen molar-refractivity contribution >= 4 is 11.5 Å². The van der Waals surface area contributed by atoms with Gasteiger partial charge in [-0.15, -0.1) is 0 Å². The first-order valence-corrected chi connectivity index (χ1v) is 8.03. The zero-order chi connectivity index (χ0) is 15.6. The molecular weight excluding hydrogens is 288 g/mol. The van der Waals surface area contributed by atoms with E-state index in [1.165, 1.54) is 17.8 Å². The highest BCUT2D eigenvalue weighted by Crippen LogP contribution is 2.39. The summed E-state index contributed by atoms with van der Waals surface area (Å²) < 4.78 is 11.5. The Kier molecular flexibility index (Phi) is 3.66. The van der Waals surface area contributed by atoms with Gasteiger partial charge in [0.1, 0.15) is 12.4 Å². The summed E-state index contributed by atoms with van der Waals surface area (Å²) >= 11 is 0. The van der Waals surface area contributed by atoms with E-state index in [2.05, 4.69) is 23.1 Å². The predicted molar refractivity (Wildman–Crippen MR) is 90.5 cm³/mol. The molecule has 118 valence electrons. The monoisotopic (exact) mass is 308 g/mol. The van der Waals surface area contributed by atoms with Crippen LogP contribution in [0.4, 0.5) is 5.69 Å². The number of hydrogen-bond donors (Lipinski definition) is 0. The number of nitrogens with zero attached hydrogens (tertiary/aromatic N) is 2. The third kappa shape index (κ3) is 2.77. The van der Waals surface area contributed by atoms with E-state index in [1.54, 1.807) is 7.11 Å². The van der Waals surface area contributed by atoms with Crippen LogP contribution < -0.4 is 9.47 Å². The largest absolute Gasteiger partial charge is 0.493 e. The molecule has 0 bridgehead atoms. The molecule has 4 nitrogen and oxygen atoms in total. The molecule has 0 amide bonds. The standard InChI is InChI=1S/C19H20N2O2/c1-22-17-11-16-15(12-21-9-5-8-19(21)20-16)10-18(17)23-13-14-6-3-2-4-7-14/h2-4,6-7,10-11H,5,8-9,12-13H2,1H3. The van der Waals surface area contributed by atoms with Gasteiger partial charge in [-0.1, -0.05) is 30.3 Å². The van der Waals surface area contributed by atoms with Crippen LogP contribution in [0.15, 0.2) is 47.5 Å². The Hall–Kier alpha value is -2.49. The average Bonchev–Trinajstić information content (AvgIpc) is 3.05. The fraction of sp³-hybridized carbons (Fsp3) is 0.316. The van der Waals surface area contributed by atoms with Crippen molar-refractivity contribution in [3.8, 4) is 11.5 Å². The molecule has 2 aliphatic heterocycles. The molecule has 0 saturated carbocycles. The molecule has 4 heteroatoms. The molecule has 4 rings (SSSR count). The van der Waals surface area contributed by atoms with E-state index in [9.17, 15) is 0 Å². The third-order valence-electron chi connectivity index (χ3n) is 4.41. The maximum atomic E-state index is 6.00. The highest BCUT2D eigenvalue weighted by Gasteiger charge is 2.25. The fourth-order valence-electron chi connectivity index (χ4n) is 3.19. The maximum absolute atomic E-state index is 6.00. The van der Waals surface area contributed by atoms with E-state index < -0.39 is 0 Å². The highest BCUT2D eigenvalue weighted by atomic mass is 16.5. The van der Waals surface area contributed by atoms with Crippen LogP contribution in [-0.2, 0) is 13.2 Å². The summed E-state index contributed by atoms with van der Waals surface area (Å²) in [4.78, 5) is 7.14. The first-order valence-electron chi connectivity index (χ1n) is 8.03. The lowest BCUT2D eigenvalue weighted by Crippen LogP contribution is -2.26. The number of ether oxygens (including phenoxy) is 2. The van der Waals surface area contributed by atoms with E-state index in [-0.39, 0.29) is 0 Å². The third-order valence-corrected chi connectivity index (χ3v) is 4.41. The van der Waals surface area contributed by atoms with Crippen molar-refractivity contribution in [1.82, 2.24) is 4.90 Å². The molecule has 1 saturated heterocycles. The normalized spacial score (nSPS) is 15.7. The van der Waals surface area contributed by atoms with Crippen molar-refractivity contribution in [3.05, 3.63) is 53.6 Å². The minimum Gasteiger partial charge on any atom is -0.493 e. The lowest BCUT2D eigenvalue weighted by molar-refractivity contribution is 0.283. The molecule has 0 unspecified atom stereocenters. The molecule has 2 aromatic rings. The molecule has 0 aliphatic carbocycles. The Morgan fingerprint density at radius 3 is 2.83 bits per heavy atom. The molecule has 2 heterocycles. The van der Waals surface area contributed by atoms with Gasteiger partial charge < -0.3 is 14.4 Å². The number of benzene rings is 2. The Morgan fingerprint density at radius 1 is 1.13 bits per heavy atom. The minimum absolute atomic E-state index is 0.536.